The Hall–Kier alpha value is -2.41. The number of nitrogens with two attached hydrogens (primary N) is 1. The third-order valence-electron chi connectivity index (χ3n) is 3.00. The van der Waals surface area contributed by atoms with Crippen LogP contribution in [-0.4, -0.2) is 26.3 Å². The van der Waals surface area contributed by atoms with E-state index in [1.165, 1.54) is 0 Å². The van der Waals surface area contributed by atoms with Crippen LogP contribution in [-0.2, 0) is 20.1 Å². The van der Waals surface area contributed by atoms with Crippen molar-refractivity contribution in [2.24, 2.45) is 5.14 Å². The minimum atomic E-state index is -4.89. The maximum atomic E-state index is 13.5. The smallest absolute Gasteiger partial charge is 0.282 e. The van der Waals surface area contributed by atoms with Gasteiger partial charge in [0.05, 0.1) is 9.82 Å². The Balaban J connectivity index is 2.97. The van der Waals surface area contributed by atoms with E-state index in [1.807, 2.05) is 0 Å². The molecule has 0 spiro atoms. The topological polar surface area (TPSA) is 158 Å². The van der Waals surface area contributed by atoms with Gasteiger partial charge in [0.25, 0.3) is 10.1 Å². The quantitative estimate of drug-likeness (QED) is 0.462. The molecule has 0 heterocycles. The van der Waals surface area contributed by atoms with Crippen LogP contribution in [0.25, 0.3) is 11.1 Å². The first-order valence-corrected chi connectivity index (χ1v) is 8.99. The minimum absolute atomic E-state index is 0.319. The van der Waals surface area contributed by atoms with Crippen molar-refractivity contribution in [2.45, 2.75) is 9.79 Å². The monoisotopic (exact) mass is 376 g/mol. The fourth-order valence-corrected chi connectivity index (χ4v) is 3.64. The second kappa shape index (κ2) is 5.90. The largest absolute Gasteiger partial charge is 0.305 e. The second-order valence-electron chi connectivity index (χ2n) is 4.57. The van der Waals surface area contributed by atoms with Crippen LogP contribution >= 0.6 is 0 Å². The first kappa shape index (κ1) is 17.9. The van der Waals surface area contributed by atoms with E-state index in [9.17, 15) is 35.9 Å². The molecule has 3 N–H and O–H groups in total. The van der Waals surface area contributed by atoms with Crippen molar-refractivity contribution in [3.05, 3.63) is 52.3 Å². The predicted molar refractivity (Wildman–Crippen MR) is 79.7 cm³/mol. The Labute approximate surface area is 135 Å². The lowest BCUT2D eigenvalue weighted by Gasteiger charge is -2.12. The molecule has 0 saturated heterocycles. The predicted octanol–water partition coefficient (Wildman–Crippen LogP) is 1.30. The van der Waals surface area contributed by atoms with Crippen molar-refractivity contribution in [2.75, 3.05) is 0 Å². The van der Waals surface area contributed by atoms with Gasteiger partial charge in [-0.05, 0) is 23.8 Å². The molecule has 0 saturated carbocycles. The molecule has 0 fully saturated rings. The standard InChI is InChI=1S/C12H9FN2O7S2/c13-8-5-4-7(6-9(8)15(16)17)12-10(23(14,18)19)2-1-3-11(12)24(20,21)22/h1-6H,(H2,14,18,19)(H,20,21,22). The number of nitro benzene ring substituents is 1. The van der Waals surface area contributed by atoms with Crippen molar-refractivity contribution in [1.29, 1.82) is 0 Å². The first-order chi connectivity index (χ1) is 10.9. The Morgan fingerprint density at radius 1 is 1.08 bits per heavy atom. The highest BCUT2D eigenvalue weighted by Gasteiger charge is 2.26. The summed E-state index contributed by atoms with van der Waals surface area (Å²) in [5, 5.41) is 15.8. The van der Waals surface area contributed by atoms with Crippen LogP contribution in [0.15, 0.2) is 46.2 Å². The molecule has 0 bridgehead atoms. The van der Waals surface area contributed by atoms with Crippen molar-refractivity contribution in [3.8, 4) is 11.1 Å². The summed E-state index contributed by atoms with van der Waals surface area (Å²) in [4.78, 5) is 8.23. The highest BCUT2D eigenvalue weighted by molar-refractivity contribution is 7.89. The number of primary sulfonamides is 1. The number of hydrogen-bond acceptors (Lipinski definition) is 6. The van der Waals surface area contributed by atoms with Gasteiger partial charge in [0, 0.05) is 11.6 Å². The van der Waals surface area contributed by atoms with Gasteiger partial charge >= 0.3 is 5.69 Å². The van der Waals surface area contributed by atoms with Crippen molar-refractivity contribution < 1.29 is 30.7 Å². The zero-order valence-corrected chi connectivity index (χ0v) is 13.2. The molecular weight excluding hydrogens is 367 g/mol. The molecular formula is C12H9FN2O7S2. The number of benzene rings is 2. The van der Waals surface area contributed by atoms with Gasteiger partial charge in [-0.15, -0.1) is 0 Å². The molecule has 2 aromatic carbocycles. The number of nitro groups is 1. The van der Waals surface area contributed by atoms with Crippen LogP contribution in [0.1, 0.15) is 0 Å². The number of sulfonamides is 1. The molecule has 0 radical (unpaired) electrons. The lowest BCUT2D eigenvalue weighted by molar-refractivity contribution is -0.387. The molecule has 24 heavy (non-hydrogen) atoms. The van der Waals surface area contributed by atoms with E-state index in [2.05, 4.69) is 0 Å². The van der Waals surface area contributed by atoms with Gasteiger partial charge in [-0.1, -0.05) is 12.1 Å². The zero-order valence-electron chi connectivity index (χ0n) is 11.6. The SMILES string of the molecule is NS(=O)(=O)c1cccc(S(=O)(=O)O)c1-c1ccc(F)c([N+](=O)[O-])c1. The van der Waals surface area contributed by atoms with E-state index in [0.717, 1.165) is 24.3 Å². The molecule has 0 aliphatic carbocycles. The normalized spacial score (nSPS) is 12.1. The lowest BCUT2D eigenvalue weighted by atomic mass is 10.0. The molecule has 0 aliphatic heterocycles. The Morgan fingerprint density at radius 2 is 1.67 bits per heavy atom. The van der Waals surface area contributed by atoms with Gasteiger partial charge in [0.2, 0.25) is 15.8 Å². The first-order valence-electron chi connectivity index (χ1n) is 6.00. The second-order valence-corrected chi connectivity index (χ2v) is 7.49. The third kappa shape index (κ3) is 3.41. The molecule has 0 amide bonds. The van der Waals surface area contributed by atoms with Gasteiger partial charge < -0.3 is 0 Å². The summed E-state index contributed by atoms with van der Waals surface area (Å²) >= 11 is 0. The van der Waals surface area contributed by atoms with Crippen LogP contribution in [0, 0.1) is 15.9 Å². The van der Waals surface area contributed by atoms with Gasteiger partial charge in [-0.2, -0.15) is 12.8 Å². The molecule has 0 aliphatic rings. The summed E-state index contributed by atoms with van der Waals surface area (Å²) < 4.78 is 69.1. The van der Waals surface area contributed by atoms with Crippen molar-refractivity contribution in [1.82, 2.24) is 0 Å². The molecule has 0 atom stereocenters. The maximum Gasteiger partial charge on any atom is 0.305 e. The van der Waals surface area contributed by atoms with E-state index in [0.29, 0.717) is 12.1 Å². The Bertz CT molecular complexity index is 999. The average Bonchev–Trinajstić information content (AvgIpc) is 2.45. The van der Waals surface area contributed by atoms with Crippen LogP contribution in [0.4, 0.5) is 10.1 Å². The van der Waals surface area contributed by atoms with Crippen LogP contribution in [0.2, 0.25) is 0 Å². The Morgan fingerprint density at radius 3 is 2.17 bits per heavy atom. The van der Waals surface area contributed by atoms with Crippen molar-refractivity contribution in [3.63, 3.8) is 0 Å². The molecule has 0 unspecified atom stereocenters. The highest BCUT2D eigenvalue weighted by atomic mass is 32.2. The Kier molecular flexibility index (Phi) is 4.41. The third-order valence-corrected chi connectivity index (χ3v) is 4.85. The summed E-state index contributed by atoms with van der Waals surface area (Å²) in [6.45, 7) is 0. The van der Waals surface area contributed by atoms with E-state index in [4.69, 9.17) is 5.14 Å². The van der Waals surface area contributed by atoms with E-state index in [-0.39, 0.29) is 5.56 Å². The molecule has 12 heteroatoms. The van der Waals surface area contributed by atoms with Crippen molar-refractivity contribution >= 4 is 25.8 Å². The average molecular weight is 376 g/mol. The highest BCUT2D eigenvalue weighted by Crippen LogP contribution is 2.35. The number of nitrogens with zero attached hydrogens (tertiary/aromatic N) is 1. The zero-order chi connectivity index (χ0) is 18.3. The summed E-state index contributed by atoms with van der Waals surface area (Å²) in [5.41, 5.74) is -1.91. The fourth-order valence-electron chi connectivity index (χ4n) is 2.06. The van der Waals surface area contributed by atoms with Crippen LogP contribution < -0.4 is 5.14 Å². The molecule has 2 rings (SSSR count). The molecule has 0 aromatic heterocycles. The molecule has 128 valence electrons. The van der Waals surface area contributed by atoms with E-state index in [1.54, 1.807) is 0 Å². The summed E-state index contributed by atoms with van der Waals surface area (Å²) in [6, 6.07) is 5.10. The maximum absolute atomic E-state index is 13.5. The molecule has 9 nitrogen and oxygen atoms in total. The van der Waals surface area contributed by atoms with Gasteiger partial charge in [0.15, 0.2) is 0 Å². The number of rotatable bonds is 4. The summed E-state index contributed by atoms with van der Waals surface area (Å²) in [5.74, 6) is -1.20. The minimum Gasteiger partial charge on any atom is -0.282 e. The number of hydrogen-bond donors (Lipinski definition) is 2. The van der Waals surface area contributed by atoms with Gasteiger partial charge in [-0.3, -0.25) is 14.7 Å². The van der Waals surface area contributed by atoms with Crippen LogP contribution in [0.5, 0.6) is 0 Å². The van der Waals surface area contributed by atoms with E-state index >= 15 is 0 Å². The van der Waals surface area contributed by atoms with Crippen LogP contribution in [0.3, 0.4) is 0 Å². The fraction of sp³-hybridized carbons (Fsp3) is 0. The summed E-state index contributed by atoms with van der Waals surface area (Å²) in [7, 11) is -9.34. The van der Waals surface area contributed by atoms with Gasteiger partial charge in [-0.25, -0.2) is 13.6 Å². The lowest BCUT2D eigenvalue weighted by Crippen LogP contribution is -2.15. The number of halogens is 1. The summed E-state index contributed by atoms with van der Waals surface area (Å²) in [6.07, 6.45) is 0. The van der Waals surface area contributed by atoms with E-state index < -0.39 is 51.9 Å². The molecule has 2 aromatic rings. The van der Waals surface area contributed by atoms with Gasteiger partial charge in [0.1, 0.15) is 4.90 Å².